The van der Waals surface area contributed by atoms with Gasteiger partial charge in [-0.1, -0.05) is 24.3 Å². The van der Waals surface area contributed by atoms with Crippen LogP contribution in [0.3, 0.4) is 0 Å². The molecule has 108 valence electrons. The Balaban J connectivity index is 2.06. The maximum atomic E-state index is 4.91. The lowest BCUT2D eigenvalue weighted by atomic mass is 10.1. The van der Waals surface area contributed by atoms with Gasteiger partial charge in [0.05, 0.1) is 16.7 Å². The lowest BCUT2D eigenvalue weighted by molar-refractivity contribution is 1.22. The summed E-state index contributed by atoms with van der Waals surface area (Å²) in [5.74, 6) is 0. The minimum Gasteiger partial charge on any atom is -0.298 e. The number of aromatic nitrogens is 4. The van der Waals surface area contributed by atoms with Crippen LogP contribution in [-0.4, -0.2) is 19.4 Å². The summed E-state index contributed by atoms with van der Waals surface area (Å²) in [7, 11) is 0. The molecule has 0 aliphatic heterocycles. The second kappa shape index (κ2) is 4.61. The van der Waals surface area contributed by atoms with Crippen molar-refractivity contribution in [3.63, 3.8) is 0 Å². The topological polar surface area (TPSA) is 43.1 Å². The van der Waals surface area contributed by atoms with E-state index in [2.05, 4.69) is 15.5 Å². The number of rotatable bonds is 1. The summed E-state index contributed by atoms with van der Waals surface area (Å²) in [6, 6.07) is 18.1. The Bertz CT molecular complexity index is 1160. The SMILES string of the molecule is c1ccc2c(c1)nc(-c1ccncc1)c1c2nc2ccccn21. The molecule has 0 saturated heterocycles. The molecule has 4 heteroatoms. The number of benzene rings is 1. The highest BCUT2D eigenvalue weighted by Gasteiger charge is 2.15. The average molecular weight is 296 g/mol. The van der Waals surface area contributed by atoms with Crippen LogP contribution in [0.2, 0.25) is 0 Å². The van der Waals surface area contributed by atoms with Gasteiger partial charge in [-0.25, -0.2) is 9.97 Å². The van der Waals surface area contributed by atoms with Crippen LogP contribution in [0.5, 0.6) is 0 Å². The number of hydrogen-bond donors (Lipinski definition) is 0. The first-order valence-corrected chi connectivity index (χ1v) is 7.48. The smallest absolute Gasteiger partial charge is 0.137 e. The molecule has 0 fully saturated rings. The molecule has 0 aliphatic rings. The molecular weight excluding hydrogens is 284 g/mol. The predicted molar refractivity (Wildman–Crippen MR) is 91.2 cm³/mol. The van der Waals surface area contributed by atoms with Crippen molar-refractivity contribution >= 4 is 27.6 Å². The summed E-state index contributed by atoms with van der Waals surface area (Å²) in [6.07, 6.45) is 5.62. The summed E-state index contributed by atoms with van der Waals surface area (Å²) in [4.78, 5) is 13.9. The van der Waals surface area contributed by atoms with E-state index in [4.69, 9.17) is 9.97 Å². The first-order chi connectivity index (χ1) is 11.4. The third kappa shape index (κ3) is 1.75. The van der Waals surface area contributed by atoms with Crippen LogP contribution in [0.25, 0.3) is 38.8 Å². The quantitative estimate of drug-likeness (QED) is 0.468. The fraction of sp³-hybridized carbons (Fsp3) is 0. The van der Waals surface area contributed by atoms with E-state index in [9.17, 15) is 0 Å². The maximum absolute atomic E-state index is 4.91. The second-order valence-corrected chi connectivity index (χ2v) is 5.45. The van der Waals surface area contributed by atoms with Gasteiger partial charge < -0.3 is 0 Å². The molecule has 1 aromatic carbocycles. The van der Waals surface area contributed by atoms with Crippen molar-refractivity contribution in [3.05, 3.63) is 73.2 Å². The Morgan fingerprint density at radius 2 is 1.61 bits per heavy atom. The van der Waals surface area contributed by atoms with E-state index in [0.717, 1.165) is 38.8 Å². The van der Waals surface area contributed by atoms with E-state index in [1.54, 1.807) is 12.4 Å². The fourth-order valence-corrected chi connectivity index (χ4v) is 3.07. The highest BCUT2D eigenvalue weighted by Crippen LogP contribution is 2.32. The third-order valence-electron chi connectivity index (χ3n) is 4.10. The first-order valence-electron chi connectivity index (χ1n) is 7.48. The molecule has 5 aromatic rings. The van der Waals surface area contributed by atoms with Gasteiger partial charge in [0, 0.05) is 29.5 Å². The molecule has 23 heavy (non-hydrogen) atoms. The van der Waals surface area contributed by atoms with Crippen molar-refractivity contribution in [3.8, 4) is 11.3 Å². The highest BCUT2D eigenvalue weighted by molar-refractivity contribution is 6.08. The van der Waals surface area contributed by atoms with Gasteiger partial charge in [-0.05, 0) is 30.3 Å². The van der Waals surface area contributed by atoms with Crippen molar-refractivity contribution < 1.29 is 0 Å². The molecular formula is C19H12N4. The highest BCUT2D eigenvalue weighted by atomic mass is 15.0. The van der Waals surface area contributed by atoms with Gasteiger partial charge in [-0.3, -0.25) is 9.38 Å². The molecule has 0 aliphatic carbocycles. The summed E-state index contributed by atoms with van der Waals surface area (Å²) in [5, 5.41) is 1.07. The maximum Gasteiger partial charge on any atom is 0.137 e. The Kier molecular flexibility index (Phi) is 2.46. The number of pyridine rings is 3. The van der Waals surface area contributed by atoms with E-state index < -0.39 is 0 Å². The van der Waals surface area contributed by atoms with Crippen molar-refractivity contribution in [2.45, 2.75) is 0 Å². The van der Waals surface area contributed by atoms with Gasteiger partial charge >= 0.3 is 0 Å². The number of nitrogens with zero attached hydrogens (tertiary/aromatic N) is 4. The van der Waals surface area contributed by atoms with E-state index in [1.807, 2.05) is 54.7 Å². The second-order valence-electron chi connectivity index (χ2n) is 5.45. The first kappa shape index (κ1) is 12.3. The van der Waals surface area contributed by atoms with Gasteiger partial charge in [-0.2, -0.15) is 0 Å². The van der Waals surface area contributed by atoms with Gasteiger partial charge in [0.25, 0.3) is 0 Å². The average Bonchev–Trinajstić information content (AvgIpc) is 3.02. The summed E-state index contributed by atoms with van der Waals surface area (Å²) < 4.78 is 2.10. The van der Waals surface area contributed by atoms with Crippen molar-refractivity contribution in [1.82, 2.24) is 19.4 Å². The fourth-order valence-electron chi connectivity index (χ4n) is 3.07. The molecule has 0 N–H and O–H groups in total. The van der Waals surface area contributed by atoms with Crippen molar-refractivity contribution in [2.24, 2.45) is 0 Å². The number of para-hydroxylation sites is 1. The Labute approximate surface area is 132 Å². The summed E-state index contributed by atoms with van der Waals surface area (Å²) >= 11 is 0. The third-order valence-corrected chi connectivity index (χ3v) is 4.10. The molecule has 0 unspecified atom stereocenters. The molecule has 0 spiro atoms. The molecule has 0 amide bonds. The normalized spacial score (nSPS) is 11.5. The predicted octanol–water partition coefficient (Wildman–Crippen LogP) is 4.10. The molecule has 0 bridgehead atoms. The monoisotopic (exact) mass is 296 g/mol. The molecule has 4 aromatic heterocycles. The van der Waals surface area contributed by atoms with Crippen LogP contribution in [-0.2, 0) is 0 Å². The minimum absolute atomic E-state index is 0.927. The molecule has 4 nitrogen and oxygen atoms in total. The van der Waals surface area contributed by atoms with E-state index in [0.29, 0.717) is 0 Å². The van der Waals surface area contributed by atoms with Crippen LogP contribution in [0, 0.1) is 0 Å². The zero-order valence-electron chi connectivity index (χ0n) is 12.2. The number of fused-ring (bicyclic) bond motifs is 5. The van der Waals surface area contributed by atoms with E-state index >= 15 is 0 Å². The largest absolute Gasteiger partial charge is 0.298 e. The molecule has 5 rings (SSSR count). The molecule has 0 saturated carbocycles. The lowest BCUT2D eigenvalue weighted by Gasteiger charge is -2.06. The number of imidazole rings is 1. The van der Waals surface area contributed by atoms with Crippen LogP contribution in [0.1, 0.15) is 0 Å². The van der Waals surface area contributed by atoms with Gasteiger partial charge in [0.15, 0.2) is 0 Å². The van der Waals surface area contributed by atoms with Crippen LogP contribution in [0.4, 0.5) is 0 Å². The molecule has 4 heterocycles. The van der Waals surface area contributed by atoms with Gasteiger partial charge in [0.1, 0.15) is 11.2 Å². The van der Waals surface area contributed by atoms with Gasteiger partial charge in [0.2, 0.25) is 0 Å². The Hall–Kier alpha value is -3.27. The minimum atomic E-state index is 0.927. The summed E-state index contributed by atoms with van der Waals surface area (Å²) in [5.41, 5.74) is 5.87. The van der Waals surface area contributed by atoms with E-state index in [1.165, 1.54) is 0 Å². The van der Waals surface area contributed by atoms with Gasteiger partial charge in [-0.15, -0.1) is 0 Å². The van der Waals surface area contributed by atoms with Crippen LogP contribution < -0.4 is 0 Å². The zero-order chi connectivity index (χ0) is 15.2. The molecule has 0 atom stereocenters. The lowest BCUT2D eigenvalue weighted by Crippen LogP contribution is -1.92. The number of hydrogen-bond acceptors (Lipinski definition) is 3. The standard InChI is InChI=1S/C19H12N4/c1-2-6-15-14(5-1)18-19(23-12-4-3-7-16(23)22-18)17(21-15)13-8-10-20-11-9-13/h1-12H. The van der Waals surface area contributed by atoms with Crippen LogP contribution >= 0.6 is 0 Å². The van der Waals surface area contributed by atoms with E-state index in [-0.39, 0.29) is 0 Å². The Morgan fingerprint density at radius 3 is 2.52 bits per heavy atom. The van der Waals surface area contributed by atoms with Crippen molar-refractivity contribution in [1.29, 1.82) is 0 Å². The molecule has 0 radical (unpaired) electrons. The summed E-state index contributed by atoms with van der Waals surface area (Å²) in [6.45, 7) is 0. The van der Waals surface area contributed by atoms with Crippen molar-refractivity contribution in [2.75, 3.05) is 0 Å². The van der Waals surface area contributed by atoms with Crippen LogP contribution in [0.15, 0.2) is 73.2 Å². The Morgan fingerprint density at radius 1 is 0.783 bits per heavy atom. The zero-order valence-corrected chi connectivity index (χ0v) is 12.2.